The van der Waals surface area contributed by atoms with Crippen molar-refractivity contribution in [1.29, 1.82) is 0 Å². The van der Waals surface area contributed by atoms with E-state index in [9.17, 15) is 4.79 Å². The van der Waals surface area contributed by atoms with E-state index < -0.39 is 0 Å². The van der Waals surface area contributed by atoms with E-state index in [4.69, 9.17) is 0 Å². The number of halogens is 1. The van der Waals surface area contributed by atoms with E-state index in [1.54, 1.807) is 0 Å². The number of rotatable bonds is 4. The van der Waals surface area contributed by atoms with Gasteiger partial charge in [0.25, 0.3) is 5.91 Å². The Morgan fingerprint density at radius 2 is 1.94 bits per heavy atom. The van der Waals surface area contributed by atoms with Crippen LogP contribution in [0.5, 0.6) is 0 Å². The molecule has 16 heavy (non-hydrogen) atoms. The van der Waals surface area contributed by atoms with Crippen LogP contribution >= 0.6 is 12.4 Å². The van der Waals surface area contributed by atoms with Gasteiger partial charge >= 0.3 is 0 Å². The van der Waals surface area contributed by atoms with Gasteiger partial charge in [-0.05, 0) is 37.6 Å². The Kier molecular flexibility index (Phi) is 4.77. The lowest BCUT2D eigenvalue weighted by atomic mass is 10.1. The van der Waals surface area contributed by atoms with Gasteiger partial charge in [0.2, 0.25) is 0 Å². The lowest BCUT2D eigenvalue weighted by molar-refractivity contribution is 0.0951. The number of hydrogen-bond acceptors (Lipinski definition) is 2. The highest BCUT2D eigenvalue weighted by Gasteiger charge is 2.23. The molecule has 1 aromatic rings. The molecular formula is C12H17ClN2O. The smallest absolute Gasteiger partial charge is 0.251 e. The normalized spacial score (nSPS) is 14.1. The predicted molar refractivity (Wildman–Crippen MR) is 66.9 cm³/mol. The van der Waals surface area contributed by atoms with Crippen LogP contribution in [0.2, 0.25) is 0 Å². The molecule has 1 aliphatic carbocycles. The number of amides is 1. The maximum absolute atomic E-state index is 11.6. The zero-order chi connectivity index (χ0) is 10.7. The van der Waals surface area contributed by atoms with Crippen molar-refractivity contribution in [2.24, 2.45) is 0 Å². The molecule has 0 saturated heterocycles. The largest absolute Gasteiger partial charge is 0.349 e. The van der Waals surface area contributed by atoms with Crippen LogP contribution in [0.4, 0.5) is 0 Å². The van der Waals surface area contributed by atoms with Crippen LogP contribution in [0.25, 0.3) is 0 Å². The van der Waals surface area contributed by atoms with E-state index in [0.29, 0.717) is 6.04 Å². The van der Waals surface area contributed by atoms with Crippen molar-refractivity contribution in [2.45, 2.75) is 25.4 Å². The average Bonchev–Trinajstić information content (AvgIpc) is 3.03. The second-order valence-electron chi connectivity index (χ2n) is 3.97. The van der Waals surface area contributed by atoms with E-state index in [2.05, 4.69) is 10.6 Å². The van der Waals surface area contributed by atoms with Gasteiger partial charge < -0.3 is 10.6 Å². The minimum atomic E-state index is 0. The molecular weight excluding hydrogens is 224 g/mol. The summed E-state index contributed by atoms with van der Waals surface area (Å²) < 4.78 is 0. The van der Waals surface area contributed by atoms with Crippen molar-refractivity contribution in [2.75, 3.05) is 7.05 Å². The molecule has 0 unspecified atom stereocenters. The summed E-state index contributed by atoms with van der Waals surface area (Å²) in [5.41, 5.74) is 1.95. The first-order valence-electron chi connectivity index (χ1n) is 5.34. The summed E-state index contributed by atoms with van der Waals surface area (Å²) in [6.07, 6.45) is 2.26. The van der Waals surface area contributed by atoms with Crippen LogP contribution in [0, 0.1) is 0 Å². The van der Waals surface area contributed by atoms with Crippen LogP contribution in [0.3, 0.4) is 0 Å². The van der Waals surface area contributed by atoms with Gasteiger partial charge in [0.05, 0.1) is 0 Å². The predicted octanol–water partition coefficient (Wildman–Crippen LogP) is 1.72. The Balaban J connectivity index is 0.00000128. The zero-order valence-electron chi connectivity index (χ0n) is 9.32. The molecule has 88 valence electrons. The lowest BCUT2D eigenvalue weighted by Gasteiger charge is -2.04. The number of nitrogens with one attached hydrogen (secondary N) is 2. The summed E-state index contributed by atoms with van der Waals surface area (Å²) in [4.78, 5) is 11.6. The van der Waals surface area contributed by atoms with E-state index in [1.807, 2.05) is 31.3 Å². The third-order valence-corrected chi connectivity index (χ3v) is 2.51. The Morgan fingerprint density at radius 1 is 1.31 bits per heavy atom. The summed E-state index contributed by atoms with van der Waals surface area (Å²) in [6.45, 7) is 0.838. The molecule has 1 aromatic carbocycles. The van der Waals surface area contributed by atoms with Gasteiger partial charge in [-0.1, -0.05) is 12.1 Å². The van der Waals surface area contributed by atoms with Gasteiger partial charge in [0, 0.05) is 18.2 Å². The van der Waals surface area contributed by atoms with E-state index in [-0.39, 0.29) is 18.3 Å². The van der Waals surface area contributed by atoms with Gasteiger partial charge in [-0.2, -0.15) is 0 Å². The lowest BCUT2D eigenvalue weighted by Crippen LogP contribution is -2.25. The summed E-state index contributed by atoms with van der Waals surface area (Å²) in [7, 11) is 1.91. The maximum atomic E-state index is 11.6. The van der Waals surface area contributed by atoms with Crippen LogP contribution in [0.1, 0.15) is 28.8 Å². The molecule has 0 spiro atoms. The first-order chi connectivity index (χ1) is 7.29. The van der Waals surface area contributed by atoms with Crippen LogP contribution in [-0.2, 0) is 6.54 Å². The Hall–Kier alpha value is -1.06. The van der Waals surface area contributed by atoms with Gasteiger partial charge in [0.1, 0.15) is 0 Å². The zero-order valence-corrected chi connectivity index (χ0v) is 10.1. The highest BCUT2D eigenvalue weighted by molar-refractivity contribution is 5.94. The number of hydrogen-bond donors (Lipinski definition) is 2. The van der Waals surface area contributed by atoms with Gasteiger partial charge in [-0.25, -0.2) is 0 Å². The van der Waals surface area contributed by atoms with Crippen molar-refractivity contribution in [1.82, 2.24) is 10.6 Å². The molecule has 4 heteroatoms. The number of carbonyl (C=O) groups excluding carboxylic acids is 1. The molecule has 0 radical (unpaired) electrons. The molecule has 2 rings (SSSR count). The van der Waals surface area contributed by atoms with E-state index >= 15 is 0 Å². The van der Waals surface area contributed by atoms with Crippen LogP contribution in [-0.4, -0.2) is 19.0 Å². The van der Waals surface area contributed by atoms with Crippen molar-refractivity contribution >= 4 is 18.3 Å². The van der Waals surface area contributed by atoms with Gasteiger partial charge in [0.15, 0.2) is 0 Å². The molecule has 0 aliphatic heterocycles. The fraction of sp³-hybridized carbons (Fsp3) is 0.417. The van der Waals surface area contributed by atoms with Crippen molar-refractivity contribution < 1.29 is 4.79 Å². The Bertz CT molecular complexity index is 347. The van der Waals surface area contributed by atoms with Crippen LogP contribution in [0.15, 0.2) is 24.3 Å². The summed E-state index contributed by atoms with van der Waals surface area (Å²) in [5, 5.41) is 6.04. The molecule has 1 amide bonds. The highest BCUT2D eigenvalue weighted by Crippen LogP contribution is 2.19. The maximum Gasteiger partial charge on any atom is 0.251 e. The molecule has 2 N–H and O–H groups in total. The molecule has 3 nitrogen and oxygen atoms in total. The minimum Gasteiger partial charge on any atom is -0.349 e. The third-order valence-electron chi connectivity index (χ3n) is 2.51. The quantitative estimate of drug-likeness (QED) is 0.842. The average molecular weight is 241 g/mol. The number of carbonyl (C=O) groups is 1. The topological polar surface area (TPSA) is 41.1 Å². The third kappa shape index (κ3) is 3.51. The molecule has 1 saturated carbocycles. The van der Waals surface area contributed by atoms with Crippen molar-refractivity contribution in [3.05, 3.63) is 35.4 Å². The molecule has 0 atom stereocenters. The first-order valence-corrected chi connectivity index (χ1v) is 5.34. The standard InChI is InChI=1S/C12H16N2O.ClH/c1-13-8-9-2-4-10(5-3-9)12(15)14-11-6-7-11;/h2-5,11,13H,6-8H2,1H3,(H,14,15);1H. The Morgan fingerprint density at radius 3 is 2.44 bits per heavy atom. The Labute approximate surface area is 102 Å². The fourth-order valence-corrected chi connectivity index (χ4v) is 1.47. The van der Waals surface area contributed by atoms with Crippen molar-refractivity contribution in [3.8, 4) is 0 Å². The minimum absolute atomic E-state index is 0. The van der Waals surface area contributed by atoms with E-state index in [1.165, 1.54) is 5.56 Å². The first kappa shape index (κ1) is 13.0. The molecule has 0 bridgehead atoms. The second kappa shape index (κ2) is 5.87. The summed E-state index contributed by atoms with van der Waals surface area (Å²) in [5.74, 6) is 0.0495. The second-order valence-corrected chi connectivity index (χ2v) is 3.97. The van der Waals surface area contributed by atoms with Gasteiger partial charge in [-0.15, -0.1) is 12.4 Å². The fourth-order valence-electron chi connectivity index (χ4n) is 1.47. The molecule has 1 fully saturated rings. The summed E-state index contributed by atoms with van der Waals surface area (Å²) in [6, 6.07) is 8.15. The van der Waals surface area contributed by atoms with Gasteiger partial charge in [-0.3, -0.25) is 4.79 Å². The summed E-state index contributed by atoms with van der Waals surface area (Å²) >= 11 is 0. The highest BCUT2D eigenvalue weighted by atomic mass is 35.5. The van der Waals surface area contributed by atoms with E-state index in [0.717, 1.165) is 24.9 Å². The van der Waals surface area contributed by atoms with Crippen molar-refractivity contribution in [3.63, 3.8) is 0 Å². The number of benzene rings is 1. The molecule has 0 heterocycles. The monoisotopic (exact) mass is 240 g/mol. The van der Waals surface area contributed by atoms with Crippen LogP contribution < -0.4 is 10.6 Å². The molecule has 0 aromatic heterocycles. The molecule has 1 aliphatic rings. The SMILES string of the molecule is CNCc1ccc(C(=O)NC2CC2)cc1.Cl.